The topological polar surface area (TPSA) is 71.2 Å². The van der Waals surface area contributed by atoms with Gasteiger partial charge in [-0.1, -0.05) is 6.07 Å². The van der Waals surface area contributed by atoms with E-state index in [9.17, 15) is 14.6 Å². The lowest BCUT2D eigenvalue weighted by atomic mass is 10.00. The molecule has 1 unspecified atom stereocenters. The Morgan fingerprint density at radius 1 is 1.37 bits per heavy atom. The summed E-state index contributed by atoms with van der Waals surface area (Å²) < 4.78 is 15.7. The van der Waals surface area contributed by atoms with E-state index in [1.165, 1.54) is 18.2 Å². The zero-order valence-electron chi connectivity index (χ0n) is 10.3. The second-order valence-corrected chi connectivity index (χ2v) is 4.77. The number of phenols is 1. The van der Waals surface area contributed by atoms with Crippen molar-refractivity contribution in [2.24, 2.45) is 5.92 Å². The first-order valence-corrected chi connectivity index (χ1v) is 6.21. The number of aromatic nitrogens is 3. The third-order valence-electron chi connectivity index (χ3n) is 3.52. The average molecular weight is 263 g/mol. The predicted octanol–water partition coefficient (Wildman–Crippen LogP) is 1.34. The van der Waals surface area contributed by atoms with Gasteiger partial charge in [-0.15, -0.1) is 10.2 Å². The molecule has 6 heteroatoms. The number of aliphatic hydroxyl groups is 1. The molecule has 100 valence electrons. The number of benzene rings is 1. The van der Waals surface area contributed by atoms with Gasteiger partial charge in [0, 0.05) is 25.5 Å². The quantitative estimate of drug-likeness (QED) is 0.857. The first-order chi connectivity index (χ1) is 9.20. The predicted molar refractivity (Wildman–Crippen MR) is 66.0 cm³/mol. The van der Waals surface area contributed by atoms with Crippen molar-refractivity contribution in [1.29, 1.82) is 0 Å². The fourth-order valence-electron chi connectivity index (χ4n) is 2.46. The molecule has 0 aliphatic carbocycles. The van der Waals surface area contributed by atoms with Gasteiger partial charge >= 0.3 is 0 Å². The number of aryl methyl sites for hydroxylation is 1. The van der Waals surface area contributed by atoms with E-state index in [4.69, 9.17) is 0 Å². The average Bonchev–Trinajstić information content (AvgIpc) is 2.81. The van der Waals surface area contributed by atoms with E-state index in [0.29, 0.717) is 18.8 Å². The van der Waals surface area contributed by atoms with Gasteiger partial charge in [0.05, 0.1) is 5.56 Å². The summed E-state index contributed by atoms with van der Waals surface area (Å²) in [5.74, 6) is 0.532. The van der Waals surface area contributed by atoms with E-state index in [2.05, 4.69) is 10.2 Å². The zero-order valence-corrected chi connectivity index (χ0v) is 10.3. The summed E-state index contributed by atoms with van der Waals surface area (Å²) in [4.78, 5) is 0. The number of rotatable bonds is 2. The molecule has 0 saturated heterocycles. The molecule has 0 fully saturated rings. The van der Waals surface area contributed by atoms with E-state index >= 15 is 0 Å². The Morgan fingerprint density at radius 3 is 2.95 bits per heavy atom. The minimum absolute atomic E-state index is 0.0693. The Balaban J connectivity index is 2.10. The molecule has 0 bridgehead atoms. The fraction of sp³-hybridized carbons (Fsp3) is 0.385. The first-order valence-electron chi connectivity index (χ1n) is 6.21. The minimum Gasteiger partial charge on any atom is -0.507 e. The fourth-order valence-corrected chi connectivity index (χ4v) is 2.46. The van der Waals surface area contributed by atoms with Crippen LogP contribution in [0.15, 0.2) is 18.2 Å². The molecule has 0 saturated carbocycles. The summed E-state index contributed by atoms with van der Waals surface area (Å²) in [6.45, 7) is 0.627. The highest BCUT2D eigenvalue weighted by molar-refractivity contribution is 5.64. The number of halogens is 1. The van der Waals surface area contributed by atoms with E-state index in [0.717, 1.165) is 12.2 Å². The summed E-state index contributed by atoms with van der Waals surface area (Å²) >= 11 is 0. The van der Waals surface area contributed by atoms with Crippen molar-refractivity contribution in [3.63, 3.8) is 0 Å². The molecule has 1 aliphatic rings. The monoisotopic (exact) mass is 263 g/mol. The Kier molecular flexibility index (Phi) is 2.94. The van der Waals surface area contributed by atoms with Gasteiger partial charge in [-0.3, -0.25) is 0 Å². The maximum absolute atomic E-state index is 13.9. The summed E-state index contributed by atoms with van der Waals surface area (Å²) in [6, 6.07) is 4.15. The van der Waals surface area contributed by atoms with Gasteiger partial charge < -0.3 is 14.8 Å². The molecule has 0 radical (unpaired) electrons. The molecule has 0 spiro atoms. The summed E-state index contributed by atoms with van der Waals surface area (Å²) in [7, 11) is 0. The maximum atomic E-state index is 13.9. The van der Waals surface area contributed by atoms with Gasteiger partial charge in [-0.05, 0) is 18.6 Å². The Hall–Kier alpha value is -1.95. The highest BCUT2D eigenvalue weighted by Gasteiger charge is 2.25. The smallest absolute Gasteiger partial charge is 0.170 e. The molecular formula is C13H14FN3O2. The highest BCUT2D eigenvalue weighted by atomic mass is 19.1. The van der Waals surface area contributed by atoms with Crippen molar-refractivity contribution < 1.29 is 14.6 Å². The summed E-state index contributed by atoms with van der Waals surface area (Å²) in [6.07, 6.45) is 1.55. The molecule has 19 heavy (non-hydrogen) atoms. The number of hydrogen-bond acceptors (Lipinski definition) is 4. The number of nitrogens with zero attached hydrogens (tertiary/aromatic N) is 3. The standard InChI is InChI=1S/C13H14FN3O2/c14-9-2-1-3-10(19)12(9)13-16-15-11-5-4-8(7-18)6-17(11)13/h1-3,8,18-19H,4-7H2. The third-order valence-corrected chi connectivity index (χ3v) is 3.52. The SMILES string of the molecule is OCC1CCc2nnc(-c3c(O)cccc3F)n2C1. The molecule has 1 atom stereocenters. The van der Waals surface area contributed by atoms with Gasteiger partial charge in [0.1, 0.15) is 17.4 Å². The largest absolute Gasteiger partial charge is 0.507 e. The van der Waals surface area contributed by atoms with Crippen molar-refractivity contribution >= 4 is 0 Å². The molecule has 2 aromatic rings. The van der Waals surface area contributed by atoms with Crippen molar-refractivity contribution in [3.05, 3.63) is 29.8 Å². The van der Waals surface area contributed by atoms with Crippen molar-refractivity contribution in [2.75, 3.05) is 6.61 Å². The summed E-state index contributed by atoms with van der Waals surface area (Å²) in [5.41, 5.74) is 0.0693. The van der Waals surface area contributed by atoms with E-state index in [1.807, 2.05) is 0 Å². The number of aliphatic hydroxyl groups excluding tert-OH is 1. The van der Waals surface area contributed by atoms with Crippen molar-refractivity contribution in [2.45, 2.75) is 19.4 Å². The summed E-state index contributed by atoms with van der Waals surface area (Å²) in [5, 5.41) is 27.1. The molecule has 1 aliphatic heterocycles. The molecule has 0 amide bonds. The lowest BCUT2D eigenvalue weighted by Gasteiger charge is -2.22. The van der Waals surface area contributed by atoms with Crippen molar-refractivity contribution in [1.82, 2.24) is 14.8 Å². The second-order valence-electron chi connectivity index (χ2n) is 4.77. The molecule has 1 aromatic heterocycles. The lowest BCUT2D eigenvalue weighted by molar-refractivity contribution is 0.191. The number of fused-ring (bicyclic) bond motifs is 1. The number of hydrogen-bond donors (Lipinski definition) is 2. The molecule has 2 heterocycles. The van der Waals surface area contributed by atoms with Crippen LogP contribution in [0.3, 0.4) is 0 Å². The number of phenolic OH excluding ortho intramolecular Hbond substituents is 1. The van der Waals surface area contributed by atoms with Gasteiger partial charge in [0.25, 0.3) is 0 Å². The van der Waals surface area contributed by atoms with Crippen LogP contribution in [0.5, 0.6) is 5.75 Å². The first kappa shape index (κ1) is 12.1. The van der Waals surface area contributed by atoms with Crippen LogP contribution in [0.4, 0.5) is 4.39 Å². The number of aromatic hydroxyl groups is 1. The van der Waals surface area contributed by atoms with Crippen LogP contribution in [0.2, 0.25) is 0 Å². The van der Waals surface area contributed by atoms with Gasteiger partial charge in [-0.25, -0.2) is 4.39 Å². The maximum Gasteiger partial charge on any atom is 0.170 e. The Labute approximate surface area is 109 Å². The van der Waals surface area contributed by atoms with E-state index < -0.39 is 5.82 Å². The second kappa shape index (κ2) is 4.62. The van der Waals surface area contributed by atoms with Gasteiger partial charge in [0.15, 0.2) is 5.82 Å². The van der Waals surface area contributed by atoms with Crippen LogP contribution in [-0.4, -0.2) is 31.6 Å². The Morgan fingerprint density at radius 2 is 2.21 bits per heavy atom. The van der Waals surface area contributed by atoms with Crippen LogP contribution in [0, 0.1) is 11.7 Å². The van der Waals surface area contributed by atoms with Crippen LogP contribution in [0.25, 0.3) is 11.4 Å². The molecule has 1 aromatic carbocycles. The molecular weight excluding hydrogens is 249 g/mol. The van der Waals surface area contributed by atoms with Crippen molar-refractivity contribution in [3.8, 4) is 17.1 Å². The lowest BCUT2D eigenvalue weighted by Crippen LogP contribution is -2.23. The van der Waals surface area contributed by atoms with E-state index in [-0.39, 0.29) is 23.8 Å². The van der Waals surface area contributed by atoms with Crippen LogP contribution >= 0.6 is 0 Å². The Bertz CT molecular complexity index is 592. The molecule has 5 nitrogen and oxygen atoms in total. The minimum atomic E-state index is -0.527. The van der Waals surface area contributed by atoms with Crippen LogP contribution in [0.1, 0.15) is 12.2 Å². The molecule has 2 N–H and O–H groups in total. The van der Waals surface area contributed by atoms with Gasteiger partial charge in [0.2, 0.25) is 0 Å². The third kappa shape index (κ3) is 1.98. The van der Waals surface area contributed by atoms with Crippen LogP contribution in [-0.2, 0) is 13.0 Å². The zero-order chi connectivity index (χ0) is 13.4. The highest BCUT2D eigenvalue weighted by Crippen LogP contribution is 2.32. The molecule has 3 rings (SSSR count). The van der Waals surface area contributed by atoms with Crippen LogP contribution < -0.4 is 0 Å². The normalized spacial score (nSPS) is 18.3. The van der Waals surface area contributed by atoms with Gasteiger partial charge in [-0.2, -0.15) is 0 Å². The van der Waals surface area contributed by atoms with E-state index in [1.54, 1.807) is 4.57 Å².